The summed E-state index contributed by atoms with van der Waals surface area (Å²) in [7, 11) is 1.61. The molecule has 3 aromatic rings. The molecule has 190 valence electrons. The molecule has 3 fully saturated rings. The van der Waals surface area contributed by atoms with Crippen molar-refractivity contribution in [3.8, 4) is 17.0 Å². The first-order valence-corrected chi connectivity index (χ1v) is 12.7. The summed E-state index contributed by atoms with van der Waals surface area (Å²) in [5.41, 5.74) is 3.46. The maximum absolute atomic E-state index is 9.79. The molecular weight excluding hydrogens is 458 g/mol. The van der Waals surface area contributed by atoms with Gasteiger partial charge >= 0.3 is 0 Å². The van der Waals surface area contributed by atoms with Crippen molar-refractivity contribution >= 4 is 22.8 Å². The molecule has 0 unspecified atom stereocenters. The lowest BCUT2D eigenvalue weighted by atomic mass is 9.77. The number of aromatic nitrogens is 3. The van der Waals surface area contributed by atoms with E-state index < -0.39 is 0 Å². The number of anilines is 2. The highest BCUT2D eigenvalue weighted by molar-refractivity contribution is 5.90. The van der Waals surface area contributed by atoms with Crippen LogP contribution in [0.1, 0.15) is 25.3 Å². The molecule has 5 heterocycles. The standard InChI is InChI=1S/C27H33N5O4/c1-18-15-35-12-11-32(18)25-21-4-5-22(19-3-6-23(34-2)20(13-19)14-33)28-24(21)29-26(30-25)31-9-7-27(8-10-31)16-36-17-27/h3-6,13,18,33H,7-12,14-17H2,1-2H3/t18-/m0/s1. The van der Waals surface area contributed by atoms with Gasteiger partial charge in [0.2, 0.25) is 5.95 Å². The van der Waals surface area contributed by atoms with E-state index in [1.165, 1.54) is 0 Å². The zero-order valence-corrected chi connectivity index (χ0v) is 20.9. The summed E-state index contributed by atoms with van der Waals surface area (Å²) in [5.74, 6) is 2.32. The first-order chi connectivity index (χ1) is 17.6. The van der Waals surface area contributed by atoms with Gasteiger partial charge in [-0.25, -0.2) is 4.98 Å². The first-order valence-electron chi connectivity index (χ1n) is 12.7. The van der Waals surface area contributed by atoms with Gasteiger partial charge in [-0.15, -0.1) is 0 Å². The Bertz CT molecular complexity index is 1250. The van der Waals surface area contributed by atoms with Gasteiger partial charge in [-0.05, 0) is 50.1 Å². The maximum atomic E-state index is 9.79. The summed E-state index contributed by atoms with van der Waals surface area (Å²) < 4.78 is 16.6. The predicted octanol–water partition coefficient (Wildman–Crippen LogP) is 3.03. The second-order valence-corrected chi connectivity index (χ2v) is 10.2. The van der Waals surface area contributed by atoms with Crippen LogP contribution in [0.25, 0.3) is 22.3 Å². The first kappa shape index (κ1) is 23.4. The number of fused-ring (bicyclic) bond motifs is 1. The van der Waals surface area contributed by atoms with Gasteiger partial charge in [0.15, 0.2) is 5.65 Å². The minimum Gasteiger partial charge on any atom is -0.496 e. The van der Waals surface area contributed by atoms with Crippen molar-refractivity contribution in [2.24, 2.45) is 5.41 Å². The van der Waals surface area contributed by atoms with Crippen LogP contribution < -0.4 is 14.5 Å². The Balaban J connectivity index is 1.41. The van der Waals surface area contributed by atoms with Crippen molar-refractivity contribution in [2.75, 3.05) is 63.0 Å². The van der Waals surface area contributed by atoms with Crippen molar-refractivity contribution in [2.45, 2.75) is 32.4 Å². The Morgan fingerprint density at radius 3 is 2.58 bits per heavy atom. The number of rotatable bonds is 5. The molecule has 36 heavy (non-hydrogen) atoms. The van der Waals surface area contributed by atoms with Gasteiger partial charge in [-0.3, -0.25) is 0 Å². The number of pyridine rings is 1. The molecular formula is C27H33N5O4. The molecule has 1 N–H and O–H groups in total. The van der Waals surface area contributed by atoms with E-state index in [0.29, 0.717) is 30.0 Å². The van der Waals surface area contributed by atoms with E-state index in [9.17, 15) is 5.11 Å². The second-order valence-electron chi connectivity index (χ2n) is 10.2. The molecule has 0 radical (unpaired) electrons. The summed E-state index contributed by atoms with van der Waals surface area (Å²) in [6.45, 7) is 7.80. The molecule has 1 aromatic carbocycles. The number of methoxy groups -OCH3 is 1. The molecule has 0 amide bonds. The zero-order valence-electron chi connectivity index (χ0n) is 20.9. The molecule has 0 aliphatic carbocycles. The van der Waals surface area contributed by atoms with Gasteiger partial charge in [0.25, 0.3) is 0 Å². The minimum atomic E-state index is -0.0997. The molecule has 3 aliphatic rings. The quantitative estimate of drug-likeness (QED) is 0.578. The van der Waals surface area contributed by atoms with Gasteiger partial charge < -0.3 is 29.1 Å². The third-order valence-corrected chi connectivity index (χ3v) is 7.84. The molecule has 3 aliphatic heterocycles. The van der Waals surface area contributed by atoms with Crippen LogP contribution >= 0.6 is 0 Å². The molecule has 2 aromatic heterocycles. The van der Waals surface area contributed by atoms with Crippen LogP contribution in [-0.4, -0.2) is 79.3 Å². The SMILES string of the molecule is COc1ccc(-c2ccc3c(N4CCOC[C@@H]4C)nc(N4CCC5(CC4)COC5)nc3n2)cc1CO. The fourth-order valence-corrected chi connectivity index (χ4v) is 5.47. The normalized spacial score (nSPS) is 21.6. The van der Waals surface area contributed by atoms with Gasteiger partial charge in [-0.2, -0.15) is 9.97 Å². The van der Waals surface area contributed by atoms with Crippen molar-refractivity contribution in [3.63, 3.8) is 0 Å². The summed E-state index contributed by atoms with van der Waals surface area (Å²) in [4.78, 5) is 19.7. The number of morpholine rings is 1. The third-order valence-electron chi connectivity index (χ3n) is 7.84. The molecule has 6 rings (SSSR count). The molecule has 1 atom stereocenters. The lowest BCUT2D eigenvalue weighted by Gasteiger charge is -2.47. The van der Waals surface area contributed by atoms with E-state index in [1.807, 2.05) is 24.3 Å². The lowest BCUT2D eigenvalue weighted by molar-refractivity contribution is -0.124. The van der Waals surface area contributed by atoms with E-state index in [4.69, 9.17) is 29.2 Å². The van der Waals surface area contributed by atoms with E-state index >= 15 is 0 Å². The van der Waals surface area contributed by atoms with Crippen molar-refractivity contribution in [1.29, 1.82) is 0 Å². The second kappa shape index (κ2) is 9.46. The topological polar surface area (TPSA) is 93.1 Å². The Hall–Kier alpha value is -3.01. The largest absolute Gasteiger partial charge is 0.496 e. The van der Waals surface area contributed by atoms with Crippen LogP contribution in [0.2, 0.25) is 0 Å². The average molecular weight is 492 g/mol. The Labute approximate surface area is 211 Å². The van der Waals surface area contributed by atoms with Crippen LogP contribution in [0.4, 0.5) is 11.8 Å². The number of aliphatic hydroxyl groups is 1. The summed E-state index contributed by atoms with van der Waals surface area (Å²) in [6.07, 6.45) is 2.20. The fraction of sp³-hybridized carbons (Fsp3) is 0.519. The highest BCUT2D eigenvalue weighted by atomic mass is 16.5. The van der Waals surface area contributed by atoms with Gasteiger partial charge in [0.05, 0.1) is 57.3 Å². The number of hydrogen-bond donors (Lipinski definition) is 1. The van der Waals surface area contributed by atoms with E-state index in [0.717, 1.165) is 79.7 Å². The van der Waals surface area contributed by atoms with Crippen molar-refractivity contribution < 1.29 is 19.3 Å². The molecule has 0 saturated carbocycles. The number of nitrogens with zero attached hydrogens (tertiary/aromatic N) is 5. The number of ether oxygens (including phenoxy) is 3. The van der Waals surface area contributed by atoms with Crippen LogP contribution in [0, 0.1) is 5.41 Å². The molecule has 1 spiro atoms. The van der Waals surface area contributed by atoms with Crippen molar-refractivity contribution in [1.82, 2.24) is 15.0 Å². The van der Waals surface area contributed by atoms with E-state index in [-0.39, 0.29) is 12.6 Å². The number of benzene rings is 1. The minimum absolute atomic E-state index is 0.0997. The van der Waals surface area contributed by atoms with Crippen molar-refractivity contribution in [3.05, 3.63) is 35.9 Å². The summed E-state index contributed by atoms with van der Waals surface area (Å²) in [6, 6.07) is 10.0. The fourth-order valence-electron chi connectivity index (χ4n) is 5.47. The zero-order chi connectivity index (χ0) is 24.7. The maximum Gasteiger partial charge on any atom is 0.229 e. The van der Waals surface area contributed by atoms with E-state index in [1.54, 1.807) is 7.11 Å². The molecule has 3 saturated heterocycles. The van der Waals surface area contributed by atoms with Gasteiger partial charge in [-0.1, -0.05) is 0 Å². The molecule has 9 heteroatoms. The predicted molar refractivity (Wildman–Crippen MR) is 138 cm³/mol. The summed E-state index contributed by atoms with van der Waals surface area (Å²) >= 11 is 0. The number of hydrogen-bond acceptors (Lipinski definition) is 9. The molecule has 0 bridgehead atoms. The highest BCUT2D eigenvalue weighted by Crippen LogP contribution is 2.40. The Morgan fingerprint density at radius 2 is 1.89 bits per heavy atom. The van der Waals surface area contributed by atoms with Gasteiger partial charge in [0.1, 0.15) is 11.6 Å². The lowest BCUT2D eigenvalue weighted by Crippen LogP contribution is -2.51. The third kappa shape index (κ3) is 4.15. The molecule has 9 nitrogen and oxygen atoms in total. The number of aliphatic hydroxyl groups excluding tert-OH is 1. The van der Waals surface area contributed by atoms with Crippen LogP contribution in [0.15, 0.2) is 30.3 Å². The highest BCUT2D eigenvalue weighted by Gasteiger charge is 2.41. The van der Waals surface area contributed by atoms with Crippen LogP contribution in [0.5, 0.6) is 5.75 Å². The van der Waals surface area contributed by atoms with Crippen LogP contribution in [0.3, 0.4) is 0 Å². The van der Waals surface area contributed by atoms with Crippen LogP contribution in [-0.2, 0) is 16.1 Å². The van der Waals surface area contributed by atoms with Gasteiger partial charge in [0, 0.05) is 36.2 Å². The number of piperidine rings is 1. The average Bonchev–Trinajstić information content (AvgIpc) is 2.91. The monoisotopic (exact) mass is 491 g/mol. The Kier molecular flexibility index (Phi) is 6.15. The van der Waals surface area contributed by atoms with E-state index in [2.05, 4.69) is 22.8 Å². The Morgan fingerprint density at radius 1 is 1.06 bits per heavy atom. The smallest absolute Gasteiger partial charge is 0.229 e. The summed E-state index contributed by atoms with van der Waals surface area (Å²) in [5, 5.41) is 10.7.